The Morgan fingerprint density at radius 2 is 2.04 bits per heavy atom. The summed E-state index contributed by atoms with van der Waals surface area (Å²) < 4.78 is 5.29. The Labute approximate surface area is 144 Å². The van der Waals surface area contributed by atoms with E-state index in [9.17, 15) is 9.59 Å². The summed E-state index contributed by atoms with van der Waals surface area (Å²) in [4.78, 5) is 26.2. The van der Waals surface area contributed by atoms with Crippen molar-refractivity contribution >= 4 is 35.0 Å². The smallest absolute Gasteiger partial charge is 0.340 e. The average molecular weight is 349 g/mol. The van der Waals surface area contributed by atoms with Gasteiger partial charge in [0, 0.05) is 9.77 Å². The summed E-state index contributed by atoms with van der Waals surface area (Å²) in [5.41, 5.74) is 0.497. The number of esters is 1. The van der Waals surface area contributed by atoms with Gasteiger partial charge in [-0.3, -0.25) is 4.79 Å². The van der Waals surface area contributed by atoms with Crippen LogP contribution < -0.4 is 5.32 Å². The van der Waals surface area contributed by atoms with Gasteiger partial charge in [-0.15, -0.1) is 23.1 Å². The van der Waals surface area contributed by atoms with Crippen LogP contribution in [0.25, 0.3) is 0 Å². The minimum Gasteiger partial charge on any atom is -0.449 e. The fourth-order valence-electron chi connectivity index (χ4n) is 1.93. The number of amides is 1. The van der Waals surface area contributed by atoms with Gasteiger partial charge in [0.1, 0.15) is 0 Å². The van der Waals surface area contributed by atoms with Gasteiger partial charge in [0.05, 0.1) is 12.1 Å². The Balaban J connectivity index is 1.92. The monoisotopic (exact) mass is 349 g/mol. The number of carbonyl (C=O) groups is 2. The zero-order valence-electron chi connectivity index (χ0n) is 13.1. The lowest BCUT2D eigenvalue weighted by Gasteiger charge is -2.14. The second-order valence-corrected chi connectivity index (χ2v) is 7.11. The molecule has 0 aliphatic rings. The van der Waals surface area contributed by atoms with Crippen LogP contribution in [0.3, 0.4) is 0 Å². The minimum absolute atomic E-state index is 0.299. The summed E-state index contributed by atoms with van der Waals surface area (Å²) >= 11 is 3.14. The molecule has 4 nitrogen and oxygen atoms in total. The van der Waals surface area contributed by atoms with Crippen LogP contribution >= 0.6 is 23.1 Å². The second kappa shape index (κ2) is 8.74. The minimum atomic E-state index is -0.831. The summed E-state index contributed by atoms with van der Waals surface area (Å²) in [6.07, 6.45) is -0.831. The third-order valence-electron chi connectivity index (χ3n) is 3.08. The van der Waals surface area contributed by atoms with E-state index in [4.69, 9.17) is 4.74 Å². The van der Waals surface area contributed by atoms with E-state index >= 15 is 0 Å². The quantitative estimate of drug-likeness (QED) is 0.611. The molecule has 6 heteroatoms. The molecule has 0 bridgehead atoms. The van der Waals surface area contributed by atoms with Crippen LogP contribution in [0.4, 0.5) is 0 Å². The molecule has 1 amide bonds. The van der Waals surface area contributed by atoms with Crippen molar-refractivity contribution < 1.29 is 14.3 Å². The normalized spacial score (nSPS) is 11.7. The summed E-state index contributed by atoms with van der Waals surface area (Å²) in [5, 5.41) is 4.72. The number of thioether (sulfide) groups is 1. The number of thiophene rings is 1. The molecular weight excluding hydrogens is 330 g/mol. The maximum Gasteiger partial charge on any atom is 0.340 e. The molecule has 0 aliphatic heterocycles. The Morgan fingerprint density at radius 1 is 1.26 bits per heavy atom. The number of ether oxygens (including phenoxy) is 1. The van der Waals surface area contributed by atoms with E-state index in [2.05, 4.69) is 5.32 Å². The predicted molar refractivity (Wildman–Crippen MR) is 93.9 cm³/mol. The summed E-state index contributed by atoms with van der Waals surface area (Å²) in [6.45, 7) is 4.05. The van der Waals surface area contributed by atoms with Crippen molar-refractivity contribution in [3.8, 4) is 0 Å². The van der Waals surface area contributed by atoms with Crippen LogP contribution in [-0.4, -0.2) is 23.7 Å². The fourth-order valence-corrected chi connectivity index (χ4v) is 3.36. The van der Waals surface area contributed by atoms with Gasteiger partial charge in [-0.2, -0.15) is 0 Å². The van der Waals surface area contributed by atoms with Crippen LogP contribution in [0.15, 0.2) is 46.7 Å². The van der Waals surface area contributed by atoms with Crippen molar-refractivity contribution in [1.82, 2.24) is 5.32 Å². The molecule has 0 saturated carbocycles. The number of hydrogen-bond donors (Lipinski definition) is 1. The number of hydrogen-bond acceptors (Lipinski definition) is 5. The molecule has 1 aromatic heterocycles. The highest BCUT2D eigenvalue weighted by molar-refractivity contribution is 7.99. The van der Waals surface area contributed by atoms with Gasteiger partial charge in [-0.05, 0) is 36.3 Å². The van der Waals surface area contributed by atoms with Crippen LogP contribution in [0.1, 0.15) is 29.1 Å². The molecule has 0 aliphatic carbocycles. The maximum absolute atomic E-state index is 12.3. The lowest BCUT2D eigenvalue weighted by molar-refractivity contribution is -0.129. The van der Waals surface area contributed by atoms with Crippen LogP contribution in [-0.2, 0) is 16.1 Å². The van der Waals surface area contributed by atoms with E-state index in [1.54, 1.807) is 42.2 Å². The zero-order chi connectivity index (χ0) is 16.7. The highest BCUT2D eigenvalue weighted by atomic mass is 32.2. The van der Waals surface area contributed by atoms with E-state index < -0.39 is 12.1 Å². The van der Waals surface area contributed by atoms with E-state index in [1.807, 2.05) is 36.6 Å². The molecule has 1 aromatic carbocycles. The molecule has 0 spiro atoms. The predicted octanol–water partition coefficient (Wildman–Crippen LogP) is 3.72. The molecule has 2 rings (SSSR count). The van der Waals surface area contributed by atoms with Gasteiger partial charge in [0.15, 0.2) is 6.10 Å². The Hall–Kier alpha value is -1.79. The van der Waals surface area contributed by atoms with E-state index in [0.29, 0.717) is 12.1 Å². The fraction of sp³-hybridized carbons (Fsp3) is 0.294. The highest BCUT2D eigenvalue weighted by Gasteiger charge is 2.20. The van der Waals surface area contributed by atoms with Gasteiger partial charge in [0.2, 0.25) is 0 Å². The van der Waals surface area contributed by atoms with Crippen molar-refractivity contribution in [3.63, 3.8) is 0 Å². The first kappa shape index (κ1) is 17.6. The van der Waals surface area contributed by atoms with E-state index in [1.165, 1.54) is 0 Å². The first-order valence-corrected chi connectivity index (χ1v) is 9.21. The number of nitrogens with one attached hydrogen (secondary N) is 1. The third kappa shape index (κ3) is 5.11. The zero-order valence-corrected chi connectivity index (χ0v) is 14.7. The van der Waals surface area contributed by atoms with E-state index in [-0.39, 0.29) is 5.91 Å². The molecule has 0 radical (unpaired) electrons. The molecule has 0 fully saturated rings. The topological polar surface area (TPSA) is 55.4 Å². The summed E-state index contributed by atoms with van der Waals surface area (Å²) in [5.74, 6) is 0.0916. The highest BCUT2D eigenvalue weighted by Crippen LogP contribution is 2.23. The largest absolute Gasteiger partial charge is 0.449 e. The Bertz CT molecular complexity index is 656. The van der Waals surface area contributed by atoms with Crippen molar-refractivity contribution in [1.29, 1.82) is 0 Å². The van der Waals surface area contributed by atoms with Gasteiger partial charge in [-0.1, -0.05) is 25.1 Å². The molecule has 0 unspecified atom stereocenters. The Kier molecular flexibility index (Phi) is 6.67. The Morgan fingerprint density at radius 3 is 2.74 bits per heavy atom. The third-order valence-corrected chi connectivity index (χ3v) is 4.91. The van der Waals surface area contributed by atoms with E-state index in [0.717, 1.165) is 15.5 Å². The number of carbonyl (C=O) groups excluding carboxylic acids is 2. The lowest BCUT2D eigenvalue weighted by atomic mass is 10.2. The molecule has 122 valence electrons. The SMILES string of the molecule is CCSc1ccccc1C(=O)O[C@H](C)C(=O)NCc1cccs1. The van der Waals surface area contributed by atoms with Gasteiger partial charge < -0.3 is 10.1 Å². The molecule has 2 aromatic rings. The standard InChI is InChI=1S/C17H19NO3S2/c1-3-22-15-9-5-4-8-14(15)17(20)21-12(2)16(19)18-11-13-7-6-10-23-13/h4-10,12H,3,11H2,1-2H3,(H,18,19)/t12-/m1/s1. The second-order valence-electron chi connectivity index (χ2n) is 4.77. The first-order valence-electron chi connectivity index (χ1n) is 7.34. The summed E-state index contributed by atoms with van der Waals surface area (Å²) in [6, 6.07) is 11.1. The molecular formula is C17H19NO3S2. The molecule has 0 saturated heterocycles. The molecule has 1 N–H and O–H groups in total. The van der Waals surface area contributed by atoms with Crippen molar-refractivity contribution in [2.45, 2.75) is 31.4 Å². The van der Waals surface area contributed by atoms with Crippen LogP contribution in [0.2, 0.25) is 0 Å². The number of rotatable bonds is 7. The van der Waals surface area contributed by atoms with Gasteiger partial charge >= 0.3 is 5.97 Å². The maximum atomic E-state index is 12.3. The lowest BCUT2D eigenvalue weighted by Crippen LogP contribution is -2.35. The van der Waals surface area contributed by atoms with Crippen molar-refractivity contribution in [3.05, 3.63) is 52.2 Å². The van der Waals surface area contributed by atoms with Gasteiger partial charge in [-0.25, -0.2) is 4.79 Å². The van der Waals surface area contributed by atoms with Crippen molar-refractivity contribution in [2.24, 2.45) is 0 Å². The van der Waals surface area contributed by atoms with Crippen LogP contribution in [0, 0.1) is 0 Å². The molecule has 1 atom stereocenters. The van der Waals surface area contributed by atoms with Crippen LogP contribution in [0.5, 0.6) is 0 Å². The van der Waals surface area contributed by atoms with Gasteiger partial charge in [0.25, 0.3) is 5.91 Å². The first-order chi connectivity index (χ1) is 11.1. The van der Waals surface area contributed by atoms with Crippen molar-refractivity contribution in [2.75, 3.05) is 5.75 Å². The number of benzene rings is 1. The summed E-state index contributed by atoms with van der Waals surface area (Å²) in [7, 11) is 0. The molecule has 23 heavy (non-hydrogen) atoms. The average Bonchev–Trinajstić information content (AvgIpc) is 3.06. The molecule has 1 heterocycles.